The van der Waals surface area contributed by atoms with Gasteiger partial charge in [-0.05, 0) is 195 Å². The lowest BCUT2D eigenvalue weighted by Crippen LogP contribution is -2.09. The minimum Gasteiger partial charge on any atom is -0.456 e. The van der Waals surface area contributed by atoms with Gasteiger partial charge in [-0.3, -0.25) is 4.57 Å². The molecule has 0 unspecified atom stereocenters. The molecule has 24 rings (SSSR count). The van der Waals surface area contributed by atoms with E-state index in [-0.39, 0.29) is 7.43 Å². The van der Waals surface area contributed by atoms with E-state index in [2.05, 4.69) is 351 Å². The van der Waals surface area contributed by atoms with Crippen molar-refractivity contribution in [3.05, 3.63) is 358 Å². The second-order valence-electron chi connectivity index (χ2n) is 27.8. The van der Waals surface area contributed by atoms with Gasteiger partial charge in [-0.15, -0.1) is 0 Å². The van der Waals surface area contributed by atoms with Gasteiger partial charge in [-0.25, -0.2) is 9.97 Å². The molecule has 0 bridgehead atoms. The summed E-state index contributed by atoms with van der Waals surface area (Å²) in [5.41, 5.74) is 21.6. The molecule has 0 saturated carbocycles. The Morgan fingerprint density at radius 3 is 1.04 bits per heavy atom. The largest absolute Gasteiger partial charge is 0.456 e. The molecule has 0 atom stereocenters. The van der Waals surface area contributed by atoms with Crippen molar-refractivity contribution in [1.29, 1.82) is 0 Å². The van der Waals surface area contributed by atoms with Gasteiger partial charge in [0.05, 0.1) is 55.2 Å². The molecule has 0 aliphatic carbocycles. The van der Waals surface area contributed by atoms with Crippen molar-refractivity contribution < 1.29 is 4.42 Å². The molecule has 0 radical (unpaired) electrons. The van der Waals surface area contributed by atoms with Crippen molar-refractivity contribution >= 4 is 180 Å². The van der Waals surface area contributed by atoms with E-state index in [1.807, 2.05) is 30.3 Å². The van der Waals surface area contributed by atoms with E-state index in [0.29, 0.717) is 0 Å². The third kappa shape index (κ3) is 8.72. The van der Waals surface area contributed by atoms with Crippen LogP contribution in [0, 0.1) is 0 Å². The Morgan fingerprint density at radius 2 is 0.561 bits per heavy atom. The van der Waals surface area contributed by atoms with Crippen molar-refractivity contribution in [2.24, 2.45) is 0 Å². The van der Waals surface area contributed by atoms with Crippen LogP contribution in [0.3, 0.4) is 0 Å². The Labute approximate surface area is 613 Å². The average molecular weight is 1370 g/mol. The fraction of sp³-hybridized carbons (Fsp3) is 0.0101. The zero-order valence-corrected chi connectivity index (χ0v) is 57.1. The third-order valence-corrected chi connectivity index (χ3v) is 22.3. The summed E-state index contributed by atoms with van der Waals surface area (Å²) in [4.78, 5) is 13.1. The molecule has 8 heteroatoms. The van der Waals surface area contributed by atoms with E-state index < -0.39 is 0 Å². The van der Waals surface area contributed by atoms with Gasteiger partial charge < -0.3 is 23.0 Å². The minimum absolute atomic E-state index is 0. The van der Waals surface area contributed by atoms with Crippen LogP contribution in [0.1, 0.15) is 7.43 Å². The van der Waals surface area contributed by atoms with Gasteiger partial charge in [0.15, 0.2) is 5.82 Å². The van der Waals surface area contributed by atoms with Crippen LogP contribution >= 0.6 is 0 Å². The van der Waals surface area contributed by atoms with E-state index in [1.54, 1.807) is 0 Å². The summed E-state index contributed by atoms with van der Waals surface area (Å²) in [6, 6.07) is 129. The summed E-state index contributed by atoms with van der Waals surface area (Å²) < 4.78 is 16.2. The van der Waals surface area contributed by atoms with Crippen molar-refractivity contribution in [2.45, 2.75) is 7.43 Å². The predicted octanol–water partition coefficient (Wildman–Crippen LogP) is 26.9. The van der Waals surface area contributed by atoms with E-state index in [1.165, 1.54) is 109 Å². The van der Waals surface area contributed by atoms with Gasteiger partial charge in [0.1, 0.15) is 16.9 Å². The van der Waals surface area contributed by atoms with Crippen LogP contribution in [0.2, 0.25) is 0 Å². The molecular weight excluding hydrogens is 1300 g/mol. The van der Waals surface area contributed by atoms with Gasteiger partial charge in [-0.1, -0.05) is 214 Å². The highest BCUT2D eigenvalue weighted by atomic mass is 16.3. The van der Waals surface area contributed by atoms with E-state index >= 15 is 0 Å². The number of benzene rings is 16. The van der Waals surface area contributed by atoms with Crippen LogP contribution in [0.4, 0.5) is 17.1 Å². The van der Waals surface area contributed by atoms with Crippen LogP contribution < -0.4 is 4.90 Å². The molecular formula is C99H63N7O. The van der Waals surface area contributed by atoms with Gasteiger partial charge in [0, 0.05) is 93.6 Å². The fourth-order valence-electron chi connectivity index (χ4n) is 18.0. The molecule has 0 amide bonds. The number of aromatic nitrogens is 6. The van der Waals surface area contributed by atoms with Crippen molar-refractivity contribution in [3.63, 3.8) is 0 Å². The number of para-hydroxylation sites is 7. The highest BCUT2D eigenvalue weighted by Crippen LogP contribution is 2.51. The minimum atomic E-state index is 0. The molecule has 6 aromatic heterocycles. The molecule has 107 heavy (non-hydrogen) atoms. The molecule has 0 fully saturated rings. The Bertz CT molecular complexity index is 7500. The molecule has 8 nitrogen and oxygen atoms in total. The maximum Gasteiger partial charge on any atom is 0.165 e. The van der Waals surface area contributed by atoms with Crippen molar-refractivity contribution in [2.75, 3.05) is 4.90 Å². The van der Waals surface area contributed by atoms with Gasteiger partial charge in [-0.2, -0.15) is 0 Å². The standard InChI is InChI=1S/C50H28N4O.C48H31N3.CH4/c1-3-13-29(14-4-1)49-50(52-38-21-9-8-20-37(38)51-49)54-40-23-12-18-32-34-27-36-31-17-7-10-24-43(31)55-44(36)28-35(34)33-19-11-22-39-45(33)47-41(25-26-42(54)48(47)46(32)40)53(39)30-15-5-2-6-16-30;1-4-14-32(15-5-1)49(33-16-6-2-7-17-33)35-28-30-36(31-29-35)51-43-26-12-22-39-37-20-10-24-41-45(37)46-38(40-23-13-27-44(51)48(40)47(39)43)21-11-25-42(46)50(41)34-18-8-3-9-19-34;/h1-28H;1-31H;1H4. The fourth-order valence-corrected chi connectivity index (χ4v) is 18.0. The van der Waals surface area contributed by atoms with Crippen molar-refractivity contribution in [1.82, 2.24) is 28.2 Å². The monoisotopic (exact) mass is 1370 g/mol. The molecule has 6 heterocycles. The Morgan fingerprint density at radius 1 is 0.224 bits per heavy atom. The lowest BCUT2D eigenvalue weighted by atomic mass is 9.93. The van der Waals surface area contributed by atoms with E-state index in [4.69, 9.17) is 14.4 Å². The highest BCUT2D eigenvalue weighted by molar-refractivity contribution is 6.41. The average Bonchev–Trinajstić information content (AvgIpc) is 1.52. The first-order valence-electron chi connectivity index (χ1n) is 36.2. The molecule has 18 aromatic carbocycles. The quantitative estimate of drug-likeness (QED) is 0.152. The number of hydrogen-bond donors (Lipinski definition) is 0. The molecule has 0 aliphatic heterocycles. The first kappa shape index (κ1) is 60.3. The summed E-state index contributed by atoms with van der Waals surface area (Å²) in [6.07, 6.45) is 0. The summed E-state index contributed by atoms with van der Waals surface area (Å²) in [5.74, 6) is 0.809. The second kappa shape index (κ2) is 23.3. The number of fused-ring (bicyclic) bond motifs is 9. The Hall–Kier alpha value is -14.3. The summed E-state index contributed by atoms with van der Waals surface area (Å²) in [5, 5.41) is 22.1. The third-order valence-electron chi connectivity index (χ3n) is 22.3. The van der Waals surface area contributed by atoms with Crippen LogP contribution in [-0.4, -0.2) is 28.2 Å². The summed E-state index contributed by atoms with van der Waals surface area (Å²) >= 11 is 0. The maximum absolute atomic E-state index is 6.56. The number of rotatable bonds is 8. The molecule has 0 saturated heterocycles. The number of furan rings is 1. The highest BCUT2D eigenvalue weighted by Gasteiger charge is 2.29. The summed E-state index contributed by atoms with van der Waals surface area (Å²) in [6.45, 7) is 0. The summed E-state index contributed by atoms with van der Waals surface area (Å²) in [7, 11) is 0. The van der Waals surface area contributed by atoms with E-state index in [0.717, 1.165) is 106 Å². The lowest BCUT2D eigenvalue weighted by Gasteiger charge is -2.25. The first-order chi connectivity index (χ1) is 52.6. The van der Waals surface area contributed by atoms with Crippen LogP contribution in [0.15, 0.2) is 362 Å². The number of anilines is 3. The van der Waals surface area contributed by atoms with E-state index in [9.17, 15) is 0 Å². The normalized spacial score (nSPS) is 12.0. The molecule has 0 aliphatic rings. The van der Waals surface area contributed by atoms with Crippen LogP contribution in [0.5, 0.6) is 0 Å². The van der Waals surface area contributed by atoms with Gasteiger partial charge in [0.25, 0.3) is 0 Å². The Balaban J connectivity index is 0.000000132. The second-order valence-corrected chi connectivity index (χ2v) is 27.8. The van der Waals surface area contributed by atoms with Crippen molar-refractivity contribution in [3.8, 4) is 34.1 Å². The number of nitrogens with zero attached hydrogens (tertiary/aromatic N) is 7. The zero-order valence-electron chi connectivity index (χ0n) is 57.1. The smallest absolute Gasteiger partial charge is 0.165 e. The molecule has 0 spiro atoms. The predicted molar refractivity (Wildman–Crippen MR) is 450 cm³/mol. The Kier molecular flexibility index (Phi) is 13.1. The SMILES string of the molecule is C.c1ccc(-c2nc3ccccc3nc2-n2c3cccc4c5cc6c(cc5c5cccc7c5c5c(c43)c2ccc5n7-c2ccccc2)oc2ccccc26)cc1.c1ccc(N(c2ccccc2)c2ccc(-n3c4cccc5c6cccc7c6c6c(cccc6n7-c6ccccc6)c6cccc3c6c54)cc2)cc1. The topological polar surface area (TPSA) is 61.9 Å². The van der Waals surface area contributed by atoms with Crippen LogP contribution in [-0.2, 0) is 0 Å². The number of hydrogen-bond acceptors (Lipinski definition) is 4. The first-order valence-corrected chi connectivity index (χ1v) is 36.2. The molecule has 0 N–H and O–H groups in total. The molecule has 500 valence electrons. The van der Waals surface area contributed by atoms with Gasteiger partial charge in [0.2, 0.25) is 0 Å². The zero-order chi connectivity index (χ0) is 69.2. The molecule has 24 aromatic rings. The van der Waals surface area contributed by atoms with Crippen LogP contribution in [0.25, 0.3) is 197 Å². The lowest BCUT2D eigenvalue weighted by molar-refractivity contribution is 0.669. The maximum atomic E-state index is 6.56. The van der Waals surface area contributed by atoms with Gasteiger partial charge >= 0.3 is 0 Å².